The van der Waals surface area contributed by atoms with Crippen molar-refractivity contribution < 1.29 is 14.7 Å². The molecule has 1 amide bonds. The number of rotatable bonds is 4. The van der Waals surface area contributed by atoms with Gasteiger partial charge < -0.3 is 16.2 Å². The van der Waals surface area contributed by atoms with Crippen LogP contribution in [0.15, 0.2) is 0 Å². The maximum atomic E-state index is 12.4. The molecule has 0 unspecified atom stereocenters. The van der Waals surface area contributed by atoms with Crippen LogP contribution in [-0.2, 0) is 9.59 Å². The largest absolute Gasteiger partial charge is 0.481 e. The summed E-state index contributed by atoms with van der Waals surface area (Å²) in [7, 11) is 0. The first-order chi connectivity index (χ1) is 9.07. The van der Waals surface area contributed by atoms with Gasteiger partial charge in [-0.25, -0.2) is 0 Å². The average molecular weight is 268 g/mol. The average Bonchev–Trinajstić information content (AvgIpc) is 2.89. The number of carboxylic acid groups (broad SMARTS) is 1. The van der Waals surface area contributed by atoms with E-state index in [9.17, 15) is 9.59 Å². The topological polar surface area (TPSA) is 92.4 Å². The van der Waals surface area contributed by atoms with E-state index in [0.717, 1.165) is 38.5 Å². The zero-order valence-corrected chi connectivity index (χ0v) is 11.4. The molecule has 0 saturated heterocycles. The lowest BCUT2D eigenvalue weighted by molar-refractivity contribution is -0.142. The van der Waals surface area contributed by atoms with Gasteiger partial charge in [-0.15, -0.1) is 0 Å². The zero-order chi connectivity index (χ0) is 13.9. The van der Waals surface area contributed by atoms with E-state index in [1.165, 1.54) is 0 Å². The van der Waals surface area contributed by atoms with E-state index in [0.29, 0.717) is 19.4 Å². The summed E-state index contributed by atoms with van der Waals surface area (Å²) >= 11 is 0. The summed E-state index contributed by atoms with van der Waals surface area (Å²) in [6, 6.07) is 0.132. The Hall–Kier alpha value is -1.10. The molecule has 2 aliphatic rings. The van der Waals surface area contributed by atoms with Gasteiger partial charge in [0.25, 0.3) is 0 Å². The summed E-state index contributed by atoms with van der Waals surface area (Å²) < 4.78 is 0. The van der Waals surface area contributed by atoms with Gasteiger partial charge in [0.05, 0.1) is 11.3 Å². The number of hydrogen-bond acceptors (Lipinski definition) is 3. The second-order valence-electron chi connectivity index (χ2n) is 6.05. The highest BCUT2D eigenvalue weighted by atomic mass is 16.4. The fraction of sp³-hybridized carbons (Fsp3) is 0.857. The molecule has 0 bridgehead atoms. The third kappa shape index (κ3) is 3.08. The van der Waals surface area contributed by atoms with Gasteiger partial charge in [0, 0.05) is 12.6 Å². The highest BCUT2D eigenvalue weighted by Crippen LogP contribution is 2.37. The second kappa shape index (κ2) is 5.90. The second-order valence-corrected chi connectivity index (χ2v) is 6.05. The molecule has 4 N–H and O–H groups in total. The number of aliphatic carboxylic acids is 1. The molecule has 0 aromatic carbocycles. The van der Waals surface area contributed by atoms with E-state index in [4.69, 9.17) is 10.8 Å². The highest BCUT2D eigenvalue weighted by molar-refractivity contribution is 5.83. The predicted octanol–water partition coefficient (Wildman–Crippen LogP) is 1.27. The Morgan fingerprint density at radius 2 is 1.74 bits per heavy atom. The van der Waals surface area contributed by atoms with Crippen molar-refractivity contribution in [1.82, 2.24) is 5.32 Å². The zero-order valence-electron chi connectivity index (χ0n) is 11.4. The van der Waals surface area contributed by atoms with Crippen LogP contribution >= 0.6 is 0 Å². The van der Waals surface area contributed by atoms with Crippen LogP contribution < -0.4 is 11.1 Å². The third-order valence-electron chi connectivity index (χ3n) is 4.84. The fourth-order valence-corrected chi connectivity index (χ4v) is 3.40. The molecule has 0 spiro atoms. The Kier molecular flexibility index (Phi) is 4.45. The SMILES string of the molecule is NCC1(C(=O)NC2CCC(C(=O)O)CC2)CCCC1. The van der Waals surface area contributed by atoms with Crippen molar-refractivity contribution in [2.45, 2.75) is 57.4 Å². The number of hydrogen-bond donors (Lipinski definition) is 3. The molecule has 0 aromatic rings. The van der Waals surface area contributed by atoms with Crippen LogP contribution in [0.25, 0.3) is 0 Å². The van der Waals surface area contributed by atoms with Crippen molar-refractivity contribution in [3.8, 4) is 0 Å². The van der Waals surface area contributed by atoms with Gasteiger partial charge in [0.15, 0.2) is 0 Å². The van der Waals surface area contributed by atoms with Gasteiger partial charge in [-0.05, 0) is 38.5 Å². The van der Waals surface area contributed by atoms with Crippen LogP contribution in [0.1, 0.15) is 51.4 Å². The van der Waals surface area contributed by atoms with Gasteiger partial charge in [-0.1, -0.05) is 12.8 Å². The number of carbonyl (C=O) groups is 2. The molecule has 2 saturated carbocycles. The molecule has 5 nitrogen and oxygen atoms in total. The summed E-state index contributed by atoms with van der Waals surface area (Å²) in [5.41, 5.74) is 5.44. The number of carboxylic acids is 1. The number of nitrogens with one attached hydrogen (secondary N) is 1. The standard InChI is InChI=1S/C14H24N2O3/c15-9-14(7-1-2-8-14)13(19)16-11-5-3-10(4-6-11)12(17)18/h10-11H,1-9,15H2,(H,16,19)(H,17,18). The summed E-state index contributed by atoms with van der Waals surface area (Å²) in [4.78, 5) is 23.3. The molecule has 108 valence electrons. The minimum atomic E-state index is -0.709. The first-order valence-corrected chi connectivity index (χ1v) is 7.31. The summed E-state index contributed by atoms with van der Waals surface area (Å²) in [6.07, 6.45) is 6.80. The Balaban J connectivity index is 1.85. The molecule has 2 rings (SSSR count). The number of amides is 1. The van der Waals surface area contributed by atoms with Crippen molar-refractivity contribution in [1.29, 1.82) is 0 Å². The van der Waals surface area contributed by atoms with Crippen molar-refractivity contribution in [3.05, 3.63) is 0 Å². The van der Waals surface area contributed by atoms with Crippen LogP contribution in [0.2, 0.25) is 0 Å². The van der Waals surface area contributed by atoms with Crippen molar-refractivity contribution in [2.75, 3.05) is 6.54 Å². The Morgan fingerprint density at radius 1 is 1.16 bits per heavy atom. The van der Waals surface area contributed by atoms with E-state index in [-0.39, 0.29) is 23.3 Å². The third-order valence-corrected chi connectivity index (χ3v) is 4.84. The quantitative estimate of drug-likeness (QED) is 0.715. The molecule has 2 fully saturated rings. The first-order valence-electron chi connectivity index (χ1n) is 7.31. The molecule has 0 atom stereocenters. The monoisotopic (exact) mass is 268 g/mol. The Morgan fingerprint density at radius 3 is 2.21 bits per heavy atom. The Bertz CT molecular complexity index is 343. The van der Waals surface area contributed by atoms with Gasteiger partial charge in [-0.3, -0.25) is 9.59 Å². The van der Waals surface area contributed by atoms with E-state index in [2.05, 4.69) is 5.32 Å². The molecule has 0 aliphatic heterocycles. The number of carbonyl (C=O) groups excluding carboxylic acids is 1. The summed E-state index contributed by atoms with van der Waals surface area (Å²) in [5, 5.41) is 12.1. The molecule has 5 heteroatoms. The van der Waals surface area contributed by atoms with Gasteiger partial charge in [-0.2, -0.15) is 0 Å². The van der Waals surface area contributed by atoms with E-state index < -0.39 is 5.97 Å². The van der Waals surface area contributed by atoms with Gasteiger partial charge in [0.2, 0.25) is 5.91 Å². The van der Waals surface area contributed by atoms with Crippen molar-refractivity contribution in [3.63, 3.8) is 0 Å². The fourth-order valence-electron chi connectivity index (χ4n) is 3.40. The predicted molar refractivity (Wildman–Crippen MR) is 71.5 cm³/mol. The van der Waals surface area contributed by atoms with Crippen molar-refractivity contribution in [2.24, 2.45) is 17.1 Å². The van der Waals surface area contributed by atoms with Gasteiger partial charge >= 0.3 is 5.97 Å². The number of nitrogens with two attached hydrogens (primary N) is 1. The molecular weight excluding hydrogens is 244 g/mol. The van der Waals surface area contributed by atoms with Gasteiger partial charge in [0.1, 0.15) is 0 Å². The van der Waals surface area contributed by atoms with E-state index in [1.54, 1.807) is 0 Å². The minimum Gasteiger partial charge on any atom is -0.481 e. The van der Waals surface area contributed by atoms with Crippen molar-refractivity contribution >= 4 is 11.9 Å². The van der Waals surface area contributed by atoms with E-state index >= 15 is 0 Å². The Labute approximate surface area is 113 Å². The first kappa shape index (κ1) is 14.3. The minimum absolute atomic E-state index is 0.0891. The molecule has 2 aliphatic carbocycles. The maximum Gasteiger partial charge on any atom is 0.306 e. The van der Waals surface area contributed by atoms with E-state index in [1.807, 2.05) is 0 Å². The molecule has 0 heterocycles. The van der Waals surface area contributed by atoms with Crippen LogP contribution in [-0.4, -0.2) is 29.6 Å². The normalized spacial score (nSPS) is 29.9. The molecule has 0 radical (unpaired) electrons. The maximum absolute atomic E-state index is 12.4. The highest BCUT2D eigenvalue weighted by Gasteiger charge is 2.40. The smallest absolute Gasteiger partial charge is 0.306 e. The van der Waals surface area contributed by atoms with Crippen LogP contribution in [0.4, 0.5) is 0 Å². The van der Waals surface area contributed by atoms with Crippen LogP contribution in [0.3, 0.4) is 0 Å². The lowest BCUT2D eigenvalue weighted by Gasteiger charge is -2.32. The molecule has 0 aromatic heterocycles. The molecular formula is C14H24N2O3. The van der Waals surface area contributed by atoms with Crippen LogP contribution in [0.5, 0.6) is 0 Å². The molecule has 19 heavy (non-hydrogen) atoms. The van der Waals surface area contributed by atoms with Crippen LogP contribution in [0, 0.1) is 11.3 Å². The lowest BCUT2D eigenvalue weighted by atomic mass is 9.82. The summed E-state index contributed by atoms with van der Waals surface area (Å²) in [5.74, 6) is -0.853. The summed E-state index contributed by atoms with van der Waals surface area (Å²) in [6.45, 7) is 0.420. The lowest BCUT2D eigenvalue weighted by Crippen LogP contribution is -2.49.